The average Bonchev–Trinajstić information content (AvgIpc) is 2.51. The lowest BCUT2D eigenvalue weighted by Crippen LogP contribution is -2.30. The lowest BCUT2D eigenvalue weighted by molar-refractivity contribution is -0.116. The van der Waals surface area contributed by atoms with Gasteiger partial charge < -0.3 is 14.6 Å². The fraction of sp³-hybridized carbons (Fsp3) is 0.750. The summed E-state index contributed by atoms with van der Waals surface area (Å²) in [5.74, 6) is -0.0218. The Morgan fingerprint density at radius 1 is 1.59 bits per heavy atom. The Morgan fingerprint density at radius 2 is 2.24 bits per heavy atom. The van der Waals surface area contributed by atoms with Crippen molar-refractivity contribution < 1.29 is 14.1 Å². The summed E-state index contributed by atoms with van der Waals surface area (Å²) in [7, 11) is -0.273. The van der Waals surface area contributed by atoms with Gasteiger partial charge in [-0.1, -0.05) is 13.0 Å². The number of likely N-dealkylation sites (N-methyl/N-ethyl adjacent to an activating group) is 1. The topological polar surface area (TPSA) is 47.6 Å². The molecule has 17 heavy (non-hydrogen) atoms. The van der Waals surface area contributed by atoms with Crippen LogP contribution >= 0.6 is 0 Å². The first kappa shape index (κ1) is 14.3. The molecule has 1 fully saturated rings. The van der Waals surface area contributed by atoms with Crippen LogP contribution < -0.4 is 5.32 Å². The van der Waals surface area contributed by atoms with Crippen molar-refractivity contribution in [1.82, 2.24) is 5.32 Å². The summed E-state index contributed by atoms with van der Waals surface area (Å²) in [6, 6.07) is 0. The van der Waals surface area contributed by atoms with Gasteiger partial charge in [0.15, 0.2) is 0 Å². The Kier molecular flexibility index (Phi) is 4.77. The van der Waals surface area contributed by atoms with E-state index in [1.54, 1.807) is 0 Å². The van der Waals surface area contributed by atoms with E-state index >= 15 is 0 Å². The van der Waals surface area contributed by atoms with Crippen LogP contribution in [0.5, 0.6) is 0 Å². The third kappa shape index (κ3) is 3.86. The Labute approximate surface area is 104 Å². The van der Waals surface area contributed by atoms with Gasteiger partial charge in [0.25, 0.3) is 0 Å². The maximum Gasteiger partial charge on any atom is 0.464 e. The van der Waals surface area contributed by atoms with E-state index in [0.29, 0.717) is 6.54 Å². The number of rotatable bonds is 4. The molecule has 1 heterocycles. The summed E-state index contributed by atoms with van der Waals surface area (Å²) in [6.07, 6.45) is 3.42. The second-order valence-electron chi connectivity index (χ2n) is 4.98. The number of carbonyl (C=O) groups is 1. The molecule has 1 aliphatic rings. The van der Waals surface area contributed by atoms with Crippen molar-refractivity contribution in [3.8, 4) is 0 Å². The molecule has 0 aromatic carbocycles. The zero-order valence-electron chi connectivity index (χ0n) is 11.3. The maximum absolute atomic E-state index is 11.3. The Balaban J connectivity index is 2.50. The molecular weight excluding hydrogens is 217 g/mol. The molecule has 0 aromatic heterocycles. The maximum atomic E-state index is 11.3. The van der Waals surface area contributed by atoms with E-state index in [9.17, 15) is 4.79 Å². The number of hydrogen-bond acceptors (Lipinski definition) is 3. The Bertz CT molecular complexity index is 304. The van der Waals surface area contributed by atoms with Crippen molar-refractivity contribution in [2.75, 3.05) is 6.54 Å². The zero-order chi connectivity index (χ0) is 13.1. The SMILES string of the molecule is CCNC(=O)/C=C/C(C)B1OC(C)C(C)(C)O1. The molecule has 2 unspecified atom stereocenters. The Morgan fingerprint density at radius 3 is 2.71 bits per heavy atom. The van der Waals surface area contributed by atoms with Gasteiger partial charge in [0.2, 0.25) is 5.91 Å². The quantitative estimate of drug-likeness (QED) is 0.600. The molecule has 2 atom stereocenters. The van der Waals surface area contributed by atoms with Gasteiger partial charge in [-0.2, -0.15) is 0 Å². The largest absolute Gasteiger partial charge is 0.464 e. The van der Waals surface area contributed by atoms with Crippen LogP contribution in [0.1, 0.15) is 34.6 Å². The molecule has 0 radical (unpaired) electrons. The third-order valence-electron chi connectivity index (χ3n) is 3.07. The minimum Gasteiger partial charge on any atom is -0.405 e. The molecule has 5 heteroatoms. The molecule has 0 aromatic rings. The molecule has 1 aliphatic heterocycles. The van der Waals surface area contributed by atoms with E-state index in [1.807, 2.05) is 40.7 Å². The van der Waals surface area contributed by atoms with Crippen molar-refractivity contribution in [3.05, 3.63) is 12.2 Å². The standard InChI is InChI=1S/C12H22BNO3/c1-6-14-11(15)8-7-9(2)13-16-10(3)12(4,5)17-13/h7-10H,6H2,1-5H3,(H,14,15)/b8-7+. The molecule has 1 N–H and O–H groups in total. The molecule has 0 bridgehead atoms. The highest BCUT2D eigenvalue weighted by Crippen LogP contribution is 2.32. The predicted molar refractivity (Wildman–Crippen MR) is 68.7 cm³/mol. The number of amides is 1. The highest BCUT2D eigenvalue weighted by Gasteiger charge is 2.44. The van der Waals surface area contributed by atoms with Gasteiger partial charge in [-0.25, -0.2) is 0 Å². The van der Waals surface area contributed by atoms with Crippen LogP contribution in [-0.4, -0.2) is 31.3 Å². The molecule has 1 rings (SSSR count). The molecule has 96 valence electrons. The van der Waals surface area contributed by atoms with Gasteiger partial charge in [0, 0.05) is 12.4 Å². The normalized spacial score (nSPS) is 25.2. The first-order chi connectivity index (χ1) is 7.86. The molecular formula is C12H22BNO3. The van der Waals surface area contributed by atoms with E-state index in [-0.39, 0.29) is 30.5 Å². The van der Waals surface area contributed by atoms with Gasteiger partial charge in [-0.05, 0) is 33.8 Å². The molecule has 0 spiro atoms. The van der Waals surface area contributed by atoms with Gasteiger partial charge in [-0.15, -0.1) is 0 Å². The average molecular weight is 239 g/mol. The lowest BCUT2D eigenvalue weighted by Gasteiger charge is -2.21. The monoisotopic (exact) mass is 239 g/mol. The van der Waals surface area contributed by atoms with Crippen LogP contribution in [0.4, 0.5) is 0 Å². The second kappa shape index (κ2) is 5.69. The predicted octanol–water partition coefficient (Wildman–Crippen LogP) is 1.77. The summed E-state index contributed by atoms with van der Waals surface area (Å²) in [5, 5.41) is 2.71. The van der Waals surface area contributed by atoms with Crippen molar-refractivity contribution in [2.45, 2.75) is 52.1 Å². The highest BCUT2D eigenvalue weighted by atomic mass is 16.7. The number of allylic oxidation sites excluding steroid dienone is 1. The molecule has 1 saturated heterocycles. The molecule has 0 saturated carbocycles. The zero-order valence-corrected chi connectivity index (χ0v) is 11.3. The first-order valence-electron chi connectivity index (χ1n) is 6.16. The Hall–Kier alpha value is -0.805. The summed E-state index contributed by atoms with van der Waals surface area (Å²) in [5.41, 5.74) is -0.265. The van der Waals surface area contributed by atoms with Crippen molar-refractivity contribution in [2.24, 2.45) is 0 Å². The first-order valence-corrected chi connectivity index (χ1v) is 6.16. The molecule has 4 nitrogen and oxygen atoms in total. The van der Waals surface area contributed by atoms with E-state index in [0.717, 1.165) is 0 Å². The number of hydrogen-bond donors (Lipinski definition) is 1. The highest BCUT2D eigenvalue weighted by molar-refractivity contribution is 6.48. The van der Waals surface area contributed by atoms with Crippen LogP contribution in [-0.2, 0) is 14.1 Å². The summed E-state index contributed by atoms with van der Waals surface area (Å²) in [4.78, 5) is 11.3. The van der Waals surface area contributed by atoms with Crippen LogP contribution in [0.2, 0.25) is 5.82 Å². The van der Waals surface area contributed by atoms with Gasteiger partial charge in [-0.3, -0.25) is 4.79 Å². The van der Waals surface area contributed by atoms with Gasteiger partial charge in [0.1, 0.15) is 0 Å². The van der Waals surface area contributed by atoms with Gasteiger partial charge in [0.05, 0.1) is 11.7 Å². The number of carbonyl (C=O) groups excluding carboxylic acids is 1. The van der Waals surface area contributed by atoms with E-state index < -0.39 is 0 Å². The minimum absolute atomic E-state index is 0.0573. The third-order valence-corrected chi connectivity index (χ3v) is 3.07. The number of nitrogens with one attached hydrogen (secondary N) is 1. The molecule has 0 aliphatic carbocycles. The fourth-order valence-electron chi connectivity index (χ4n) is 1.58. The van der Waals surface area contributed by atoms with Crippen LogP contribution in [0, 0.1) is 0 Å². The summed E-state index contributed by atoms with van der Waals surface area (Å²) >= 11 is 0. The van der Waals surface area contributed by atoms with E-state index in [2.05, 4.69) is 5.32 Å². The van der Waals surface area contributed by atoms with Crippen LogP contribution in [0.25, 0.3) is 0 Å². The van der Waals surface area contributed by atoms with Crippen LogP contribution in [0.15, 0.2) is 12.2 Å². The second-order valence-corrected chi connectivity index (χ2v) is 4.98. The van der Waals surface area contributed by atoms with Gasteiger partial charge >= 0.3 is 7.12 Å². The minimum atomic E-state index is -0.273. The summed E-state index contributed by atoms with van der Waals surface area (Å²) < 4.78 is 11.5. The van der Waals surface area contributed by atoms with E-state index in [4.69, 9.17) is 9.31 Å². The van der Waals surface area contributed by atoms with Crippen molar-refractivity contribution in [1.29, 1.82) is 0 Å². The fourth-order valence-corrected chi connectivity index (χ4v) is 1.58. The van der Waals surface area contributed by atoms with Crippen molar-refractivity contribution >= 4 is 13.0 Å². The van der Waals surface area contributed by atoms with Crippen molar-refractivity contribution in [3.63, 3.8) is 0 Å². The smallest absolute Gasteiger partial charge is 0.405 e. The summed E-state index contributed by atoms with van der Waals surface area (Å²) in [6.45, 7) is 10.5. The molecule has 1 amide bonds. The lowest BCUT2D eigenvalue weighted by atomic mass is 9.73. The van der Waals surface area contributed by atoms with E-state index in [1.165, 1.54) is 6.08 Å². The van der Waals surface area contributed by atoms with Crippen LogP contribution in [0.3, 0.4) is 0 Å².